The lowest BCUT2D eigenvalue weighted by atomic mass is 10.0. The van der Waals surface area contributed by atoms with Gasteiger partial charge in [-0.25, -0.2) is 27.8 Å². The van der Waals surface area contributed by atoms with Crippen LogP contribution in [-0.4, -0.2) is 62.1 Å². The Balaban J connectivity index is 0.000000670. The van der Waals surface area contributed by atoms with Crippen LogP contribution in [0.25, 0.3) is 33.4 Å². The summed E-state index contributed by atoms with van der Waals surface area (Å²) in [4.78, 5) is 15.6. The Morgan fingerprint density at radius 3 is 2.45 bits per heavy atom. The minimum Gasteiger partial charge on any atom is -0.384 e. The molecular formula is C31H39F2N7O3S. The Bertz CT molecular complexity index is 1660. The van der Waals surface area contributed by atoms with Crippen LogP contribution in [0.5, 0.6) is 0 Å². The van der Waals surface area contributed by atoms with Gasteiger partial charge in [-0.3, -0.25) is 9.11 Å². The highest BCUT2D eigenvalue weighted by molar-refractivity contribution is 7.92. The molecule has 13 heteroatoms. The second-order valence-corrected chi connectivity index (χ2v) is 12.2. The third-order valence-corrected chi connectivity index (χ3v) is 8.33. The normalized spacial score (nSPS) is 13.1. The summed E-state index contributed by atoms with van der Waals surface area (Å²) in [5, 5.41) is 0.546. The van der Waals surface area contributed by atoms with E-state index in [4.69, 9.17) is 21.2 Å². The molecule has 0 spiro atoms. The molecule has 10 nitrogen and oxygen atoms in total. The highest BCUT2D eigenvalue weighted by atomic mass is 32.2. The predicted molar refractivity (Wildman–Crippen MR) is 173 cm³/mol. The van der Waals surface area contributed by atoms with Crippen molar-refractivity contribution in [1.82, 2.24) is 15.0 Å². The van der Waals surface area contributed by atoms with Crippen LogP contribution in [0.4, 0.5) is 31.8 Å². The second-order valence-electron chi connectivity index (χ2n) is 10.3. The zero-order valence-electron chi connectivity index (χ0n) is 25.0. The molecule has 0 saturated carbocycles. The van der Waals surface area contributed by atoms with E-state index in [-0.39, 0.29) is 23.5 Å². The minimum atomic E-state index is -3.91. The standard InChI is InChI=1S/C26H27F2N7O2S.C5H12O/c27-9-4-12-38(36,37)34-20-6-3-5-18(23(20)28)17-13-19-24(21(14-17)35-10-1-2-11-35)32-26(33-25(19)30)16-7-8-22(29)31-15-16;1-3-5-6-4-2/h3,5-8,13-15,34H,1-2,4,9-12H2,(H2,29,31)(H2,30,32,33);3-5H2,1-2H3. The Morgan fingerprint density at radius 1 is 1.05 bits per heavy atom. The lowest BCUT2D eigenvalue weighted by molar-refractivity contribution is 0.148. The molecule has 2 aromatic heterocycles. The largest absolute Gasteiger partial charge is 0.384 e. The fourth-order valence-electron chi connectivity index (χ4n) is 4.84. The smallest absolute Gasteiger partial charge is 0.232 e. The van der Waals surface area contributed by atoms with Gasteiger partial charge in [0.15, 0.2) is 11.6 Å². The van der Waals surface area contributed by atoms with Crippen LogP contribution >= 0.6 is 0 Å². The van der Waals surface area contributed by atoms with E-state index in [2.05, 4.69) is 26.5 Å². The van der Waals surface area contributed by atoms with Crippen LogP contribution in [-0.2, 0) is 14.8 Å². The number of fused-ring (bicyclic) bond motifs is 1. The lowest BCUT2D eigenvalue weighted by Crippen LogP contribution is -2.19. The molecule has 0 unspecified atom stereocenters. The number of halogens is 2. The molecule has 0 radical (unpaired) electrons. The number of pyridine rings is 1. The molecule has 5 rings (SSSR count). The van der Waals surface area contributed by atoms with Gasteiger partial charge >= 0.3 is 0 Å². The van der Waals surface area contributed by atoms with Gasteiger partial charge in [0.1, 0.15) is 11.6 Å². The summed E-state index contributed by atoms with van der Waals surface area (Å²) < 4.78 is 59.9. The van der Waals surface area contributed by atoms with E-state index in [0.29, 0.717) is 33.7 Å². The Labute approximate surface area is 256 Å². The molecule has 236 valence electrons. The molecule has 0 atom stereocenters. The molecule has 0 amide bonds. The molecule has 0 aliphatic carbocycles. The summed E-state index contributed by atoms with van der Waals surface area (Å²) in [7, 11) is -3.91. The lowest BCUT2D eigenvalue weighted by Gasteiger charge is -2.22. The van der Waals surface area contributed by atoms with Gasteiger partial charge in [0, 0.05) is 49.0 Å². The molecule has 1 fully saturated rings. The maximum absolute atomic E-state index is 15.6. The summed E-state index contributed by atoms with van der Waals surface area (Å²) in [5.74, 6) is -0.202. The van der Waals surface area contributed by atoms with Gasteiger partial charge in [-0.2, -0.15) is 0 Å². The quantitative estimate of drug-likeness (QED) is 0.176. The molecule has 1 saturated heterocycles. The van der Waals surface area contributed by atoms with E-state index < -0.39 is 28.3 Å². The fraction of sp³-hybridized carbons (Fsp3) is 0.387. The maximum Gasteiger partial charge on any atom is 0.232 e. The molecule has 1 aliphatic rings. The van der Waals surface area contributed by atoms with Crippen LogP contribution in [0, 0.1) is 5.82 Å². The average Bonchev–Trinajstić information content (AvgIpc) is 3.55. The number of anilines is 4. The number of hydrogen-bond acceptors (Lipinski definition) is 9. The number of benzene rings is 2. The summed E-state index contributed by atoms with van der Waals surface area (Å²) in [5.41, 5.74) is 14.7. The maximum atomic E-state index is 15.6. The first kappa shape index (κ1) is 32.8. The number of rotatable bonds is 11. The van der Waals surface area contributed by atoms with Crippen molar-refractivity contribution in [2.45, 2.75) is 39.5 Å². The fourth-order valence-corrected chi connectivity index (χ4v) is 5.93. The number of nitrogens with two attached hydrogens (primary N) is 2. The third kappa shape index (κ3) is 8.08. The summed E-state index contributed by atoms with van der Waals surface area (Å²) >= 11 is 0. The summed E-state index contributed by atoms with van der Waals surface area (Å²) in [6, 6.07) is 11.4. The molecule has 3 heterocycles. The topological polar surface area (TPSA) is 149 Å². The van der Waals surface area contributed by atoms with Crippen LogP contribution in [0.2, 0.25) is 0 Å². The van der Waals surface area contributed by atoms with Gasteiger partial charge < -0.3 is 21.1 Å². The number of sulfonamides is 1. The van der Waals surface area contributed by atoms with E-state index in [1.54, 1.807) is 36.5 Å². The predicted octanol–water partition coefficient (Wildman–Crippen LogP) is 5.80. The number of nitrogens with one attached hydrogen (secondary N) is 1. The van der Waals surface area contributed by atoms with Crippen molar-refractivity contribution < 1.29 is 21.9 Å². The molecule has 0 bridgehead atoms. The van der Waals surface area contributed by atoms with Crippen molar-refractivity contribution >= 4 is 43.9 Å². The minimum absolute atomic E-state index is 0.172. The van der Waals surface area contributed by atoms with Crippen molar-refractivity contribution in [2.24, 2.45) is 0 Å². The number of nitrogens with zero attached hydrogens (tertiary/aromatic N) is 4. The Kier molecular flexibility index (Phi) is 11.2. The molecule has 44 heavy (non-hydrogen) atoms. The van der Waals surface area contributed by atoms with E-state index in [0.717, 1.165) is 51.3 Å². The third-order valence-electron chi connectivity index (χ3n) is 6.98. The van der Waals surface area contributed by atoms with Gasteiger partial charge in [0.05, 0.1) is 29.3 Å². The van der Waals surface area contributed by atoms with Crippen molar-refractivity contribution in [3.05, 3.63) is 54.5 Å². The molecular weight excluding hydrogens is 588 g/mol. The van der Waals surface area contributed by atoms with E-state index in [1.807, 2.05) is 13.0 Å². The summed E-state index contributed by atoms with van der Waals surface area (Å²) in [6.07, 6.45) is 4.55. The van der Waals surface area contributed by atoms with Crippen molar-refractivity contribution in [3.8, 4) is 22.5 Å². The van der Waals surface area contributed by atoms with E-state index in [9.17, 15) is 12.8 Å². The van der Waals surface area contributed by atoms with Crippen LogP contribution in [0.1, 0.15) is 39.5 Å². The monoisotopic (exact) mass is 627 g/mol. The van der Waals surface area contributed by atoms with Crippen molar-refractivity contribution in [3.63, 3.8) is 0 Å². The average molecular weight is 628 g/mol. The summed E-state index contributed by atoms with van der Waals surface area (Å²) in [6.45, 7) is 6.71. The first-order valence-corrected chi connectivity index (χ1v) is 16.3. The van der Waals surface area contributed by atoms with Gasteiger partial charge in [0.2, 0.25) is 10.0 Å². The number of alkyl halides is 1. The molecule has 2 aromatic carbocycles. The van der Waals surface area contributed by atoms with Crippen molar-refractivity contribution in [2.75, 3.05) is 59.8 Å². The first-order valence-electron chi connectivity index (χ1n) is 14.7. The second kappa shape index (κ2) is 15.1. The van der Waals surface area contributed by atoms with Gasteiger partial charge in [0.25, 0.3) is 0 Å². The van der Waals surface area contributed by atoms with Crippen LogP contribution in [0.3, 0.4) is 0 Å². The van der Waals surface area contributed by atoms with Gasteiger partial charge in [-0.05, 0) is 68.5 Å². The van der Waals surface area contributed by atoms with Gasteiger partial charge in [-0.1, -0.05) is 19.1 Å². The van der Waals surface area contributed by atoms with Crippen LogP contribution < -0.4 is 21.1 Å². The first-order chi connectivity index (χ1) is 21.2. The number of ether oxygens (including phenoxy) is 1. The Morgan fingerprint density at radius 2 is 1.82 bits per heavy atom. The highest BCUT2D eigenvalue weighted by Crippen LogP contribution is 2.38. The van der Waals surface area contributed by atoms with E-state index in [1.165, 1.54) is 6.07 Å². The zero-order valence-corrected chi connectivity index (χ0v) is 25.8. The van der Waals surface area contributed by atoms with E-state index >= 15 is 4.39 Å². The highest BCUT2D eigenvalue weighted by Gasteiger charge is 2.22. The molecule has 4 aromatic rings. The van der Waals surface area contributed by atoms with Crippen LogP contribution in [0.15, 0.2) is 48.7 Å². The number of hydrogen-bond donors (Lipinski definition) is 3. The SMILES string of the molecule is CCCOCC.Nc1ccc(-c2nc(N)c3cc(-c4cccc(NS(=O)(=O)CCCF)c4F)cc(N4CCCC4)c3n2)cn1. The van der Waals surface area contributed by atoms with Crippen molar-refractivity contribution in [1.29, 1.82) is 0 Å². The molecule has 1 aliphatic heterocycles. The van der Waals surface area contributed by atoms with Gasteiger partial charge in [-0.15, -0.1) is 0 Å². The molecule has 5 N–H and O–H groups in total. The number of aromatic nitrogens is 3. The zero-order chi connectivity index (χ0) is 31.7. The Hall–Kier alpha value is -4.10. The number of nitrogen functional groups attached to an aromatic ring is 2.